The Hall–Kier alpha value is -0.790. The summed E-state index contributed by atoms with van der Waals surface area (Å²) in [5, 5.41) is 0. The van der Waals surface area contributed by atoms with E-state index in [4.69, 9.17) is 12.2 Å². The molecule has 1 fully saturated rings. The van der Waals surface area contributed by atoms with Gasteiger partial charge in [0.25, 0.3) is 0 Å². The Morgan fingerprint density at radius 1 is 1.48 bits per heavy atom. The summed E-state index contributed by atoms with van der Waals surface area (Å²) in [5.74, 6) is 1.18. The molecule has 0 aliphatic carbocycles. The summed E-state index contributed by atoms with van der Waals surface area (Å²) in [6.07, 6.45) is 3.62. The minimum Gasteiger partial charge on any atom is -0.329 e. The van der Waals surface area contributed by atoms with Gasteiger partial charge in [-0.2, -0.15) is 11.8 Å². The number of para-hydroxylation sites is 1. The lowest BCUT2D eigenvalue weighted by molar-refractivity contribution is 0.515. The van der Waals surface area contributed by atoms with Gasteiger partial charge in [0.15, 0.2) is 14.6 Å². The Morgan fingerprint density at radius 2 is 2.24 bits per heavy atom. The lowest BCUT2D eigenvalue weighted by atomic mass is 10.1. The number of fused-ring (bicyclic) bond motifs is 1. The number of thioether (sulfide) groups is 1. The van der Waals surface area contributed by atoms with E-state index < -0.39 is 9.84 Å². The van der Waals surface area contributed by atoms with E-state index in [0.717, 1.165) is 18.5 Å². The highest BCUT2D eigenvalue weighted by molar-refractivity contribution is 8.00. The zero-order valence-electron chi connectivity index (χ0n) is 12.0. The van der Waals surface area contributed by atoms with Crippen molar-refractivity contribution in [2.75, 3.05) is 12.0 Å². The first-order valence-corrected chi connectivity index (χ1v) is 10.1. The Kier molecular flexibility index (Phi) is 3.70. The van der Waals surface area contributed by atoms with Gasteiger partial charge in [0.1, 0.15) is 0 Å². The highest BCUT2D eigenvalue weighted by atomic mass is 32.2. The lowest BCUT2D eigenvalue weighted by Gasteiger charge is -2.23. The van der Waals surface area contributed by atoms with E-state index >= 15 is 0 Å². The number of hydrogen-bond donors (Lipinski definition) is 1. The predicted octanol–water partition coefficient (Wildman–Crippen LogP) is 3.39. The van der Waals surface area contributed by atoms with Crippen LogP contribution < -0.4 is 0 Å². The number of H-pyrrole nitrogens is 1. The van der Waals surface area contributed by atoms with E-state index in [1.165, 1.54) is 18.4 Å². The van der Waals surface area contributed by atoms with Crippen molar-refractivity contribution in [3.05, 3.63) is 23.0 Å². The molecule has 7 heteroatoms. The summed E-state index contributed by atoms with van der Waals surface area (Å²) in [4.78, 5) is 3.40. The van der Waals surface area contributed by atoms with Crippen molar-refractivity contribution < 1.29 is 8.42 Å². The molecular formula is C14H18N2O2S3. The molecule has 1 atom stereocenters. The first kappa shape index (κ1) is 15.1. The second-order valence-corrected chi connectivity index (χ2v) is 9.89. The molecular weight excluding hydrogens is 324 g/mol. The van der Waals surface area contributed by atoms with Crippen molar-refractivity contribution in [2.45, 2.75) is 36.0 Å². The summed E-state index contributed by atoms with van der Waals surface area (Å²) in [5.41, 5.74) is 1.49. The maximum atomic E-state index is 11.9. The highest BCUT2D eigenvalue weighted by Gasteiger charge is 2.31. The first-order chi connectivity index (χ1) is 9.80. The summed E-state index contributed by atoms with van der Waals surface area (Å²) < 4.78 is 26.6. The molecule has 2 heterocycles. The number of imidazole rings is 1. The van der Waals surface area contributed by atoms with Crippen molar-refractivity contribution in [3.8, 4) is 0 Å². The van der Waals surface area contributed by atoms with E-state index in [-0.39, 0.29) is 4.75 Å². The van der Waals surface area contributed by atoms with Crippen molar-refractivity contribution in [1.82, 2.24) is 9.55 Å². The molecule has 3 rings (SSSR count). The van der Waals surface area contributed by atoms with Gasteiger partial charge in [0, 0.05) is 17.5 Å². The Morgan fingerprint density at radius 3 is 2.86 bits per heavy atom. The molecule has 4 nitrogen and oxygen atoms in total. The van der Waals surface area contributed by atoms with Crippen LogP contribution in [0.1, 0.15) is 19.8 Å². The van der Waals surface area contributed by atoms with Crippen LogP contribution in [0.3, 0.4) is 0 Å². The summed E-state index contributed by atoms with van der Waals surface area (Å²) in [7, 11) is -3.27. The van der Waals surface area contributed by atoms with Gasteiger partial charge in [-0.15, -0.1) is 0 Å². The zero-order chi connectivity index (χ0) is 15.3. The molecule has 0 bridgehead atoms. The van der Waals surface area contributed by atoms with Crippen LogP contribution in [0.4, 0.5) is 0 Å². The molecule has 1 saturated heterocycles. The van der Waals surface area contributed by atoms with E-state index in [9.17, 15) is 8.42 Å². The van der Waals surface area contributed by atoms with Gasteiger partial charge in [0.05, 0.1) is 15.9 Å². The number of nitrogens with one attached hydrogen (secondary N) is 1. The van der Waals surface area contributed by atoms with E-state index in [1.54, 1.807) is 12.1 Å². The number of benzene rings is 1. The number of sulfone groups is 1. The third-order valence-electron chi connectivity index (χ3n) is 3.96. The van der Waals surface area contributed by atoms with Gasteiger partial charge in [-0.05, 0) is 49.9 Å². The van der Waals surface area contributed by atoms with Crippen LogP contribution in [0.5, 0.6) is 0 Å². The number of aromatic nitrogens is 2. The number of rotatable bonds is 3. The lowest BCUT2D eigenvalue weighted by Crippen LogP contribution is -2.23. The quantitative estimate of drug-likeness (QED) is 0.869. The van der Waals surface area contributed by atoms with Gasteiger partial charge in [-0.1, -0.05) is 6.07 Å². The van der Waals surface area contributed by atoms with Gasteiger partial charge < -0.3 is 9.55 Å². The molecule has 2 aromatic rings. The largest absolute Gasteiger partial charge is 0.329 e. The number of nitrogens with zero attached hydrogens (tertiary/aromatic N) is 1. The minimum atomic E-state index is -3.27. The molecule has 21 heavy (non-hydrogen) atoms. The monoisotopic (exact) mass is 342 g/mol. The third kappa shape index (κ3) is 2.78. The van der Waals surface area contributed by atoms with Crippen molar-refractivity contribution >= 4 is 44.9 Å². The topological polar surface area (TPSA) is 54.9 Å². The van der Waals surface area contributed by atoms with Gasteiger partial charge >= 0.3 is 0 Å². The fourth-order valence-electron chi connectivity index (χ4n) is 2.92. The van der Waals surface area contributed by atoms with Crippen molar-refractivity contribution in [1.29, 1.82) is 0 Å². The van der Waals surface area contributed by atoms with Crippen LogP contribution >= 0.6 is 24.0 Å². The Bertz CT molecular complexity index is 843. The molecule has 0 spiro atoms. The fourth-order valence-corrected chi connectivity index (χ4v) is 5.32. The molecule has 1 aliphatic heterocycles. The molecule has 0 amide bonds. The van der Waals surface area contributed by atoms with Crippen LogP contribution in [-0.2, 0) is 16.4 Å². The summed E-state index contributed by atoms with van der Waals surface area (Å²) in [6.45, 7) is 3.06. The average Bonchev–Trinajstić information content (AvgIpc) is 2.94. The number of aromatic amines is 1. The van der Waals surface area contributed by atoms with Crippen molar-refractivity contribution in [2.24, 2.45) is 0 Å². The molecule has 1 aromatic carbocycles. The Labute approximate surface area is 133 Å². The van der Waals surface area contributed by atoms with Crippen LogP contribution in [0, 0.1) is 4.77 Å². The van der Waals surface area contributed by atoms with E-state index in [0.29, 0.717) is 15.2 Å². The minimum absolute atomic E-state index is 0.175. The molecule has 114 valence electrons. The van der Waals surface area contributed by atoms with Crippen LogP contribution in [-0.4, -0.2) is 34.7 Å². The zero-order valence-corrected chi connectivity index (χ0v) is 14.5. The molecule has 0 radical (unpaired) electrons. The first-order valence-electron chi connectivity index (χ1n) is 6.86. The van der Waals surface area contributed by atoms with Crippen LogP contribution in [0.2, 0.25) is 0 Å². The maximum Gasteiger partial charge on any atom is 0.178 e. The number of hydrogen-bond acceptors (Lipinski definition) is 4. The molecule has 1 aromatic heterocycles. The van der Waals surface area contributed by atoms with Gasteiger partial charge in [0.2, 0.25) is 0 Å². The second kappa shape index (κ2) is 5.14. The summed E-state index contributed by atoms with van der Waals surface area (Å²) in [6, 6.07) is 5.33. The standard InChI is InChI=1S/C14H18N2O2S3/c1-14(7-4-8-20-14)9-16-10-5-3-6-11(21(2,17)18)12(10)15-13(16)19/h3,5-6H,4,7-9H2,1-2H3,(H,15,19). The average molecular weight is 343 g/mol. The second-order valence-electron chi connectivity index (χ2n) is 5.84. The van der Waals surface area contributed by atoms with Crippen LogP contribution in [0.25, 0.3) is 11.0 Å². The smallest absolute Gasteiger partial charge is 0.178 e. The summed E-state index contributed by atoms with van der Waals surface area (Å²) >= 11 is 7.39. The molecule has 1 N–H and O–H groups in total. The third-order valence-corrected chi connectivity index (χ3v) is 6.95. The van der Waals surface area contributed by atoms with E-state index in [1.807, 2.05) is 22.4 Å². The molecule has 1 unspecified atom stereocenters. The molecule has 0 saturated carbocycles. The predicted molar refractivity (Wildman–Crippen MR) is 90.3 cm³/mol. The van der Waals surface area contributed by atoms with Crippen molar-refractivity contribution in [3.63, 3.8) is 0 Å². The van der Waals surface area contributed by atoms with Crippen LogP contribution in [0.15, 0.2) is 23.1 Å². The highest BCUT2D eigenvalue weighted by Crippen LogP contribution is 2.39. The normalized spacial score (nSPS) is 23.0. The van der Waals surface area contributed by atoms with Gasteiger partial charge in [-0.3, -0.25) is 0 Å². The molecule has 1 aliphatic rings. The fraction of sp³-hybridized carbons (Fsp3) is 0.500. The Balaban J connectivity index is 2.17. The maximum absolute atomic E-state index is 11.9. The van der Waals surface area contributed by atoms with Gasteiger partial charge in [-0.25, -0.2) is 8.42 Å². The van der Waals surface area contributed by atoms with E-state index in [2.05, 4.69) is 11.9 Å². The SMILES string of the molecule is CC1(Cn2c(=S)[nH]c3c(S(C)(=O)=O)cccc32)CCCS1.